The number of anilines is 1. The number of hydrogen-bond donors (Lipinski definition) is 2. The average Bonchev–Trinajstić information content (AvgIpc) is 3.47. The van der Waals surface area contributed by atoms with Crippen LogP contribution < -0.4 is 15.8 Å². The molecule has 166 valence electrons. The van der Waals surface area contributed by atoms with E-state index in [0.717, 1.165) is 24.6 Å². The predicted octanol–water partition coefficient (Wildman–Crippen LogP) is 4.07. The summed E-state index contributed by atoms with van der Waals surface area (Å²) in [6.07, 6.45) is 6.61. The van der Waals surface area contributed by atoms with Crippen LogP contribution in [0.15, 0.2) is 67.1 Å². The SMILES string of the molecule is Cl.Cl.N[C@@H](Cc1cn(Cc2ccccc2)cn1)C(=O)Nc1ccc(OCC2CC2)cc1. The highest BCUT2D eigenvalue weighted by atomic mass is 35.5. The highest BCUT2D eigenvalue weighted by Gasteiger charge is 2.22. The van der Waals surface area contributed by atoms with Crippen LogP contribution in [-0.2, 0) is 17.8 Å². The van der Waals surface area contributed by atoms with Crippen molar-refractivity contribution in [2.24, 2.45) is 11.7 Å². The number of carbonyl (C=O) groups is 1. The first-order chi connectivity index (χ1) is 14.2. The number of ether oxygens (including phenoxy) is 1. The lowest BCUT2D eigenvalue weighted by atomic mass is 10.1. The number of halogens is 2. The van der Waals surface area contributed by atoms with Gasteiger partial charge >= 0.3 is 0 Å². The van der Waals surface area contributed by atoms with Gasteiger partial charge in [-0.2, -0.15) is 0 Å². The molecule has 0 spiro atoms. The van der Waals surface area contributed by atoms with Crippen LogP contribution in [0.2, 0.25) is 0 Å². The molecule has 4 rings (SSSR count). The van der Waals surface area contributed by atoms with Gasteiger partial charge in [0.2, 0.25) is 5.91 Å². The zero-order chi connectivity index (χ0) is 20.1. The van der Waals surface area contributed by atoms with Gasteiger partial charge in [0.15, 0.2) is 0 Å². The molecule has 0 saturated heterocycles. The summed E-state index contributed by atoms with van der Waals surface area (Å²) in [4.78, 5) is 16.8. The van der Waals surface area contributed by atoms with Crippen LogP contribution in [0.1, 0.15) is 24.1 Å². The maximum absolute atomic E-state index is 12.4. The summed E-state index contributed by atoms with van der Waals surface area (Å²) in [6.45, 7) is 1.51. The fourth-order valence-corrected chi connectivity index (χ4v) is 3.08. The molecular formula is C23H28Cl2N4O2. The number of nitrogens with zero attached hydrogens (tertiary/aromatic N) is 2. The van der Waals surface area contributed by atoms with Crippen molar-refractivity contribution in [3.05, 3.63) is 78.4 Å². The number of rotatable bonds is 9. The van der Waals surface area contributed by atoms with Crippen LogP contribution in [-0.4, -0.2) is 28.1 Å². The van der Waals surface area contributed by atoms with Gasteiger partial charge in [-0.25, -0.2) is 4.98 Å². The Morgan fingerprint density at radius 3 is 2.52 bits per heavy atom. The molecule has 2 aromatic carbocycles. The van der Waals surface area contributed by atoms with E-state index in [0.29, 0.717) is 18.0 Å². The molecule has 8 heteroatoms. The van der Waals surface area contributed by atoms with E-state index in [9.17, 15) is 4.79 Å². The van der Waals surface area contributed by atoms with Gasteiger partial charge in [0.05, 0.1) is 24.7 Å². The van der Waals surface area contributed by atoms with Crippen LogP contribution in [0.3, 0.4) is 0 Å². The van der Waals surface area contributed by atoms with Crippen molar-refractivity contribution in [2.75, 3.05) is 11.9 Å². The lowest BCUT2D eigenvalue weighted by Gasteiger charge is -2.12. The van der Waals surface area contributed by atoms with E-state index in [2.05, 4.69) is 22.4 Å². The third kappa shape index (κ3) is 7.58. The highest BCUT2D eigenvalue weighted by Crippen LogP contribution is 2.29. The zero-order valence-electron chi connectivity index (χ0n) is 17.1. The molecule has 6 nitrogen and oxygen atoms in total. The van der Waals surface area contributed by atoms with Crippen LogP contribution >= 0.6 is 24.8 Å². The average molecular weight is 463 g/mol. The van der Waals surface area contributed by atoms with Gasteiger partial charge in [0.1, 0.15) is 5.75 Å². The summed E-state index contributed by atoms with van der Waals surface area (Å²) in [5, 5.41) is 2.86. The molecule has 1 fully saturated rings. The zero-order valence-corrected chi connectivity index (χ0v) is 18.8. The van der Waals surface area contributed by atoms with Crippen molar-refractivity contribution in [3.8, 4) is 5.75 Å². The number of nitrogens with two attached hydrogens (primary N) is 1. The van der Waals surface area contributed by atoms with E-state index in [1.807, 2.05) is 53.2 Å². The van der Waals surface area contributed by atoms with Crippen molar-refractivity contribution in [1.29, 1.82) is 0 Å². The Bertz CT molecular complexity index is 944. The second-order valence-electron chi connectivity index (χ2n) is 7.60. The van der Waals surface area contributed by atoms with Crippen LogP contribution in [0, 0.1) is 5.92 Å². The summed E-state index contributed by atoms with van der Waals surface area (Å²) in [6, 6.07) is 16.9. The second kappa shape index (κ2) is 11.7. The van der Waals surface area contributed by atoms with E-state index in [1.54, 1.807) is 6.33 Å². The molecule has 1 aliphatic carbocycles. The van der Waals surface area contributed by atoms with Crippen molar-refractivity contribution in [1.82, 2.24) is 9.55 Å². The molecule has 1 aromatic heterocycles. The van der Waals surface area contributed by atoms with E-state index in [1.165, 1.54) is 18.4 Å². The molecule has 3 aromatic rings. The third-order valence-corrected chi connectivity index (χ3v) is 4.96. The minimum absolute atomic E-state index is 0. The smallest absolute Gasteiger partial charge is 0.241 e. The lowest BCUT2D eigenvalue weighted by Crippen LogP contribution is -2.37. The monoisotopic (exact) mass is 462 g/mol. The lowest BCUT2D eigenvalue weighted by molar-refractivity contribution is -0.117. The minimum atomic E-state index is -0.666. The molecule has 0 unspecified atom stereocenters. The van der Waals surface area contributed by atoms with Crippen LogP contribution in [0.25, 0.3) is 0 Å². The largest absolute Gasteiger partial charge is 0.493 e. The van der Waals surface area contributed by atoms with E-state index in [4.69, 9.17) is 10.5 Å². The molecule has 0 radical (unpaired) electrons. The normalized spacial score (nSPS) is 13.5. The molecule has 0 bridgehead atoms. The van der Waals surface area contributed by atoms with Gasteiger partial charge in [-0.3, -0.25) is 4.79 Å². The Labute approximate surface area is 195 Å². The van der Waals surface area contributed by atoms with Crippen molar-refractivity contribution in [2.45, 2.75) is 31.8 Å². The summed E-state index contributed by atoms with van der Waals surface area (Å²) in [5.41, 5.74) is 8.79. The first kappa shape index (κ1) is 24.7. The Kier molecular flexibility index (Phi) is 9.37. The molecule has 0 aliphatic heterocycles. The Morgan fingerprint density at radius 2 is 1.84 bits per heavy atom. The maximum atomic E-state index is 12.4. The molecule has 1 amide bonds. The second-order valence-corrected chi connectivity index (χ2v) is 7.60. The molecule has 1 heterocycles. The molecule has 1 saturated carbocycles. The number of aromatic nitrogens is 2. The number of benzene rings is 2. The van der Waals surface area contributed by atoms with Gasteiger partial charge < -0.3 is 20.4 Å². The van der Waals surface area contributed by atoms with Crippen LogP contribution in [0.5, 0.6) is 5.75 Å². The fourth-order valence-electron chi connectivity index (χ4n) is 3.08. The van der Waals surface area contributed by atoms with Gasteiger partial charge in [-0.1, -0.05) is 30.3 Å². The molecule has 3 N–H and O–H groups in total. The summed E-state index contributed by atoms with van der Waals surface area (Å²) >= 11 is 0. The first-order valence-corrected chi connectivity index (χ1v) is 9.99. The Hall–Kier alpha value is -2.54. The standard InChI is InChI=1S/C23H26N4O2.2ClH/c24-22(12-20-14-27(16-25-20)13-17-4-2-1-3-5-17)23(28)26-19-8-10-21(11-9-19)29-15-18-6-7-18;;/h1-5,8-11,14,16,18,22H,6-7,12-13,15,24H2,(H,26,28);2*1H/t22-;;/m0../s1. The van der Waals surface area contributed by atoms with E-state index < -0.39 is 6.04 Å². The quantitative estimate of drug-likeness (QED) is 0.501. The van der Waals surface area contributed by atoms with Crippen molar-refractivity contribution in [3.63, 3.8) is 0 Å². The van der Waals surface area contributed by atoms with Crippen molar-refractivity contribution >= 4 is 36.4 Å². The van der Waals surface area contributed by atoms with Gasteiger partial charge in [-0.15, -0.1) is 24.8 Å². The van der Waals surface area contributed by atoms with Gasteiger partial charge in [-0.05, 0) is 48.6 Å². The Morgan fingerprint density at radius 1 is 1.13 bits per heavy atom. The van der Waals surface area contributed by atoms with E-state index >= 15 is 0 Å². The summed E-state index contributed by atoms with van der Waals surface area (Å²) in [5.74, 6) is 1.31. The number of amides is 1. The number of nitrogens with one attached hydrogen (secondary N) is 1. The summed E-state index contributed by atoms with van der Waals surface area (Å²) in [7, 11) is 0. The number of carbonyl (C=O) groups excluding carboxylic acids is 1. The van der Waals surface area contributed by atoms with Crippen molar-refractivity contribution < 1.29 is 9.53 Å². The molecule has 1 aliphatic rings. The predicted molar refractivity (Wildman–Crippen MR) is 127 cm³/mol. The van der Waals surface area contributed by atoms with E-state index in [-0.39, 0.29) is 30.7 Å². The third-order valence-electron chi connectivity index (χ3n) is 4.96. The maximum Gasteiger partial charge on any atom is 0.241 e. The molecule has 31 heavy (non-hydrogen) atoms. The molecule has 1 atom stereocenters. The topological polar surface area (TPSA) is 82.2 Å². The number of imidazole rings is 1. The first-order valence-electron chi connectivity index (χ1n) is 9.99. The summed E-state index contributed by atoms with van der Waals surface area (Å²) < 4.78 is 7.71. The molecular weight excluding hydrogens is 435 g/mol. The van der Waals surface area contributed by atoms with Crippen LogP contribution in [0.4, 0.5) is 5.69 Å². The minimum Gasteiger partial charge on any atom is -0.493 e. The highest BCUT2D eigenvalue weighted by molar-refractivity contribution is 5.94. The Balaban J connectivity index is 0.00000171. The fraction of sp³-hybridized carbons (Fsp3) is 0.304. The van der Waals surface area contributed by atoms with Gasteiger partial charge in [0, 0.05) is 24.8 Å². The number of hydrogen-bond acceptors (Lipinski definition) is 4. The van der Waals surface area contributed by atoms with Gasteiger partial charge in [0.25, 0.3) is 0 Å².